The van der Waals surface area contributed by atoms with Crippen molar-refractivity contribution in [2.45, 2.75) is 12.5 Å². The fourth-order valence-electron chi connectivity index (χ4n) is 2.07. The quantitative estimate of drug-likeness (QED) is 0.484. The van der Waals surface area contributed by atoms with Crippen LogP contribution in [0.3, 0.4) is 0 Å². The van der Waals surface area contributed by atoms with Crippen molar-refractivity contribution in [3.8, 4) is 0 Å². The lowest BCUT2D eigenvalue weighted by Gasteiger charge is -2.18. The van der Waals surface area contributed by atoms with Gasteiger partial charge in [0.15, 0.2) is 5.90 Å². The van der Waals surface area contributed by atoms with Gasteiger partial charge in [0.2, 0.25) is 6.10 Å². The molecule has 4 heteroatoms. The van der Waals surface area contributed by atoms with E-state index in [1.165, 1.54) is 7.11 Å². The maximum Gasteiger partial charge on any atom is 0.351 e. The molecule has 0 heterocycles. The molecule has 2 rings (SSSR count). The van der Waals surface area contributed by atoms with Crippen LogP contribution >= 0.6 is 0 Å². The molecule has 0 amide bonds. The Morgan fingerprint density at radius 2 is 1.64 bits per heavy atom. The molecule has 0 saturated carbocycles. The van der Waals surface area contributed by atoms with Crippen LogP contribution in [0, 0.1) is 0 Å². The number of benzene rings is 2. The predicted octanol–water partition coefficient (Wildman–Crippen LogP) is 3.19. The van der Waals surface area contributed by atoms with Crippen molar-refractivity contribution >= 4 is 11.9 Å². The van der Waals surface area contributed by atoms with Crippen LogP contribution in [0.25, 0.3) is 0 Å². The van der Waals surface area contributed by atoms with Crippen molar-refractivity contribution in [2.24, 2.45) is 4.99 Å². The van der Waals surface area contributed by atoms with Crippen molar-refractivity contribution < 1.29 is 14.3 Å². The van der Waals surface area contributed by atoms with E-state index in [4.69, 9.17) is 9.47 Å². The Morgan fingerprint density at radius 3 is 2.18 bits per heavy atom. The number of methoxy groups -OCH3 is 1. The summed E-state index contributed by atoms with van der Waals surface area (Å²) in [6.07, 6.45) is -0.286. The third-order valence-electron chi connectivity index (χ3n) is 3.22. The highest BCUT2D eigenvalue weighted by molar-refractivity contribution is 5.84. The molecule has 0 aliphatic heterocycles. The van der Waals surface area contributed by atoms with Gasteiger partial charge in [0.1, 0.15) is 0 Å². The average Bonchev–Trinajstić information content (AvgIpc) is 2.59. The number of carbonyl (C=O) groups is 1. The van der Waals surface area contributed by atoms with Crippen LogP contribution < -0.4 is 0 Å². The minimum Gasteiger partial charge on any atom is -0.466 e. The summed E-state index contributed by atoms with van der Waals surface area (Å²) in [5.41, 5.74) is 1.81. The predicted molar refractivity (Wildman–Crippen MR) is 85.8 cm³/mol. The molecular formula is C18H19NO3. The number of nitrogens with zero attached hydrogens (tertiary/aromatic N) is 1. The Morgan fingerprint density at radius 1 is 1.05 bits per heavy atom. The van der Waals surface area contributed by atoms with E-state index in [0.717, 1.165) is 11.1 Å². The molecule has 22 heavy (non-hydrogen) atoms. The third kappa shape index (κ3) is 4.19. The summed E-state index contributed by atoms with van der Waals surface area (Å²) in [6.45, 7) is 0. The zero-order valence-electron chi connectivity index (χ0n) is 12.7. The normalized spacial score (nSPS) is 12.5. The molecule has 0 saturated heterocycles. The van der Waals surface area contributed by atoms with E-state index < -0.39 is 12.1 Å². The van der Waals surface area contributed by atoms with Crippen LogP contribution in [0.5, 0.6) is 0 Å². The zero-order valence-corrected chi connectivity index (χ0v) is 12.7. The summed E-state index contributed by atoms with van der Waals surface area (Å²) in [5.74, 6) is 0.0471. The summed E-state index contributed by atoms with van der Waals surface area (Å²) >= 11 is 0. The lowest BCUT2D eigenvalue weighted by molar-refractivity contribution is -0.149. The van der Waals surface area contributed by atoms with Gasteiger partial charge in [0, 0.05) is 19.0 Å². The van der Waals surface area contributed by atoms with E-state index in [2.05, 4.69) is 4.99 Å². The summed E-state index contributed by atoms with van der Waals surface area (Å²) in [4.78, 5) is 16.2. The molecule has 114 valence electrons. The SMILES string of the molecule is CN=C(Cc1ccccc1)OC(C(=O)OC)c1ccccc1. The van der Waals surface area contributed by atoms with Crippen molar-refractivity contribution in [1.29, 1.82) is 0 Å². The smallest absolute Gasteiger partial charge is 0.351 e. The topological polar surface area (TPSA) is 47.9 Å². The zero-order chi connectivity index (χ0) is 15.8. The number of ether oxygens (including phenoxy) is 2. The van der Waals surface area contributed by atoms with Gasteiger partial charge in [-0.15, -0.1) is 0 Å². The van der Waals surface area contributed by atoms with Crippen LogP contribution in [-0.2, 0) is 20.7 Å². The number of carbonyl (C=O) groups excluding carboxylic acids is 1. The Balaban J connectivity index is 2.17. The van der Waals surface area contributed by atoms with Crippen molar-refractivity contribution in [1.82, 2.24) is 0 Å². The Labute approximate surface area is 130 Å². The van der Waals surface area contributed by atoms with Gasteiger partial charge >= 0.3 is 5.97 Å². The second kappa shape index (κ2) is 7.98. The van der Waals surface area contributed by atoms with Gasteiger partial charge in [-0.3, -0.25) is 4.99 Å². The highest BCUT2D eigenvalue weighted by atomic mass is 16.6. The second-order valence-corrected chi connectivity index (χ2v) is 4.71. The molecular weight excluding hydrogens is 278 g/mol. The maximum atomic E-state index is 12.0. The first-order valence-corrected chi connectivity index (χ1v) is 7.03. The molecule has 2 aromatic rings. The van der Waals surface area contributed by atoms with E-state index in [-0.39, 0.29) is 0 Å². The van der Waals surface area contributed by atoms with Gasteiger partial charge in [0.25, 0.3) is 0 Å². The molecule has 4 nitrogen and oxygen atoms in total. The number of hydrogen-bond acceptors (Lipinski definition) is 4. The first-order valence-electron chi connectivity index (χ1n) is 7.03. The molecule has 0 N–H and O–H groups in total. The Kier molecular flexibility index (Phi) is 5.72. The minimum atomic E-state index is -0.811. The molecule has 1 unspecified atom stereocenters. The minimum absolute atomic E-state index is 0.444. The number of esters is 1. The molecule has 0 radical (unpaired) electrons. The molecule has 0 fully saturated rings. The fourth-order valence-corrected chi connectivity index (χ4v) is 2.07. The van der Waals surface area contributed by atoms with Crippen molar-refractivity contribution in [3.05, 3.63) is 71.8 Å². The van der Waals surface area contributed by atoms with Crippen LogP contribution in [0.15, 0.2) is 65.7 Å². The van der Waals surface area contributed by atoms with E-state index in [0.29, 0.717) is 12.3 Å². The lowest BCUT2D eigenvalue weighted by atomic mass is 10.1. The lowest BCUT2D eigenvalue weighted by Crippen LogP contribution is -2.22. The molecule has 1 atom stereocenters. The molecule has 0 aliphatic rings. The molecule has 2 aromatic carbocycles. The number of hydrogen-bond donors (Lipinski definition) is 0. The molecule has 0 spiro atoms. The monoisotopic (exact) mass is 297 g/mol. The first kappa shape index (κ1) is 15.8. The number of rotatable bonds is 5. The van der Waals surface area contributed by atoms with Gasteiger partial charge in [-0.1, -0.05) is 60.7 Å². The maximum absolute atomic E-state index is 12.0. The summed E-state index contributed by atoms with van der Waals surface area (Å²) in [6, 6.07) is 19.1. The Hall–Kier alpha value is -2.62. The largest absolute Gasteiger partial charge is 0.466 e. The highest BCUT2D eigenvalue weighted by Crippen LogP contribution is 2.20. The van der Waals surface area contributed by atoms with Crippen molar-refractivity contribution in [2.75, 3.05) is 14.2 Å². The van der Waals surface area contributed by atoms with E-state index >= 15 is 0 Å². The number of aliphatic imine (C=N–C) groups is 1. The molecule has 0 aromatic heterocycles. The van der Waals surface area contributed by atoms with Crippen LogP contribution in [0.4, 0.5) is 0 Å². The van der Waals surface area contributed by atoms with E-state index in [1.54, 1.807) is 7.05 Å². The molecule has 0 bridgehead atoms. The van der Waals surface area contributed by atoms with Gasteiger partial charge in [-0.25, -0.2) is 4.79 Å². The third-order valence-corrected chi connectivity index (χ3v) is 3.22. The van der Waals surface area contributed by atoms with Gasteiger partial charge in [-0.05, 0) is 5.56 Å². The first-order chi connectivity index (χ1) is 10.7. The standard InChI is InChI=1S/C18H19NO3/c1-19-16(13-14-9-5-3-6-10-14)22-17(18(20)21-2)15-11-7-4-8-12-15/h3-12,17H,13H2,1-2H3. The van der Waals surface area contributed by atoms with Crippen LogP contribution in [0.1, 0.15) is 17.2 Å². The van der Waals surface area contributed by atoms with Gasteiger partial charge in [0.05, 0.1) is 7.11 Å². The molecule has 0 aliphatic carbocycles. The highest BCUT2D eigenvalue weighted by Gasteiger charge is 2.24. The summed E-state index contributed by atoms with van der Waals surface area (Å²) in [7, 11) is 3.00. The fraction of sp³-hybridized carbons (Fsp3) is 0.222. The van der Waals surface area contributed by atoms with E-state index in [9.17, 15) is 4.79 Å². The summed E-state index contributed by atoms with van der Waals surface area (Å²) in [5, 5.41) is 0. The van der Waals surface area contributed by atoms with E-state index in [1.807, 2.05) is 60.7 Å². The Bertz CT molecular complexity index is 623. The van der Waals surface area contributed by atoms with Crippen LogP contribution in [0.2, 0.25) is 0 Å². The van der Waals surface area contributed by atoms with Crippen LogP contribution in [-0.4, -0.2) is 26.0 Å². The van der Waals surface area contributed by atoms with Gasteiger partial charge < -0.3 is 9.47 Å². The summed E-state index contributed by atoms with van der Waals surface area (Å²) < 4.78 is 10.7. The van der Waals surface area contributed by atoms with Gasteiger partial charge in [-0.2, -0.15) is 0 Å². The average molecular weight is 297 g/mol. The second-order valence-electron chi connectivity index (χ2n) is 4.71. The van der Waals surface area contributed by atoms with Crippen molar-refractivity contribution in [3.63, 3.8) is 0 Å².